The third-order valence-electron chi connectivity index (χ3n) is 1.19. The van der Waals surface area contributed by atoms with E-state index in [1.807, 2.05) is 0 Å². The van der Waals surface area contributed by atoms with E-state index in [1.54, 1.807) is 6.92 Å². The Hall–Kier alpha value is -1.70. The second kappa shape index (κ2) is 6.98. The Morgan fingerprint density at radius 2 is 2.00 bits per heavy atom. The van der Waals surface area contributed by atoms with Crippen LogP contribution in [-0.4, -0.2) is 32.1 Å². The van der Waals surface area contributed by atoms with Gasteiger partial charge in [-0.15, -0.1) is 5.92 Å². The van der Waals surface area contributed by atoms with Gasteiger partial charge in [0.25, 0.3) is 0 Å². The molecule has 0 aliphatic heterocycles. The molecule has 5 heteroatoms. The molecular formula is C8H13N3O2. The minimum Gasteiger partial charge on any atom is -0.344 e. The lowest BCUT2D eigenvalue weighted by Crippen LogP contribution is -2.40. The van der Waals surface area contributed by atoms with Gasteiger partial charge in [0.05, 0.1) is 13.1 Å². The second-order valence-electron chi connectivity index (χ2n) is 2.14. The maximum absolute atomic E-state index is 10.9. The van der Waals surface area contributed by atoms with Crippen LogP contribution in [0.2, 0.25) is 0 Å². The molecule has 0 bridgehead atoms. The van der Waals surface area contributed by atoms with Crippen LogP contribution in [-0.2, 0) is 4.79 Å². The van der Waals surface area contributed by atoms with Crippen molar-refractivity contribution in [2.24, 2.45) is 0 Å². The number of rotatable bonds is 3. The van der Waals surface area contributed by atoms with E-state index >= 15 is 0 Å². The van der Waals surface area contributed by atoms with Crippen molar-refractivity contribution in [3.8, 4) is 11.8 Å². The Balaban J connectivity index is 3.49. The average Bonchev–Trinajstić information content (AvgIpc) is 2.14. The summed E-state index contributed by atoms with van der Waals surface area (Å²) in [5, 5.41) is 7.19. The highest BCUT2D eigenvalue weighted by Crippen LogP contribution is 1.65. The first-order chi connectivity index (χ1) is 6.20. The summed E-state index contributed by atoms with van der Waals surface area (Å²) in [6.07, 6.45) is 0. The standard InChI is InChI=1S/C8H13N3O2/c1-3-4-5-10-7(12)6-11-8(13)9-2/h5-6H2,1-2H3,(H,10,12)(H2,9,11,13). The highest BCUT2D eigenvalue weighted by atomic mass is 16.2. The SMILES string of the molecule is CC#CCNC(=O)CNC(=O)NC. The molecule has 0 aliphatic rings. The Morgan fingerprint density at radius 1 is 1.31 bits per heavy atom. The summed E-state index contributed by atoms with van der Waals surface area (Å²) in [6.45, 7) is 1.96. The van der Waals surface area contributed by atoms with Gasteiger partial charge in [0.1, 0.15) is 0 Å². The summed E-state index contributed by atoms with van der Waals surface area (Å²) in [6, 6.07) is -0.378. The highest BCUT2D eigenvalue weighted by molar-refractivity contribution is 5.83. The Bertz CT molecular complexity index is 240. The molecule has 0 spiro atoms. The Morgan fingerprint density at radius 3 is 2.54 bits per heavy atom. The molecule has 0 fully saturated rings. The molecule has 0 aromatic heterocycles. The molecule has 0 saturated heterocycles. The Labute approximate surface area is 77.3 Å². The number of nitrogens with one attached hydrogen (secondary N) is 3. The fourth-order valence-electron chi connectivity index (χ4n) is 0.543. The van der Waals surface area contributed by atoms with E-state index in [2.05, 4.69) is 27.8 Å². The third-order valence-corrected chi connectivity index (χ3v) is 1.19. The lowest BCUT2D eigenvalue weighted by Gasteiger charge is -2.03. The van der Waals surface area contributed by atoms with Crippen LogP contribution >= 0.6 is 0 Å². The first-order valence-electron chi connectivity index (χ1n) is 3.82. The summed E-state index contributed by atoms with van der Waals surface area (Å²) in [5.41, 5.74) is 0. The molecule has 0 aromatic carbocycles. The van der Waals surface area contributed by atoms with Crippen molar-refractivity contribution in [3.63, 3.8) is 0 Å². The van der Waals surface area contributed by atoms with Crippen LogP contribution in [0, 0.1) is 11.8 Å². The van der Waals surface area contributed by atoms with E-state index in [1.165, 1.54) is 7.05 Å². The van der Waals surface area contributed by atoms with Crippen molar-refractivity contribution < 1.29 is 9.59 Å². The van der Waals surface area contributed by atoms with E-state index < -0.39 is 0 Å². The lowest BCUT2D eigenvalue weighted by molar-refractivity contribution is -0.119. The van der Waals surface area contributed by atoms with Crippen LogP contribution in [0.3, 0.4) is 0 Å². The largest absolute Gasteiger partial charge is 0.344 e. The average molecular weight is 183 g/mol. The molecule has 0 rings (SSSR count). The molecule has 13 heavy (non-hydrogen) atoms. The van der Waals surface area contributed by atoms with Crippen LogP contribution in [0.5, 0.6) is 0 Å². The molecule has 72 valence electrons. The molecule has 0 radical (unpaired) electrons. The fraction of sp³-hybridized carbons (Fsp3) is 0.500. The molecule has 0 saturated carbocycles. The maximum atomic E-state index is 10.9. The van der Waals surface area contributed by atoms with Crippen LogP contribution in [0.4, 0.5) is 4.79 Å². The number of carbonyl (C=O) groups is 2. The van der Waals surface area contributed by atoms with Crippen molar-refractivity contribution in [1.29, 1.82) is 0 Å². The molecule has 0 aromatic rings. The topological polar surface area (TPSA) is 70.2 Å². The minimum atomic E-state index is -0.378. The second-order valence-corrected chi connectivity index (χ2v) is 2.14. The molecule has 0 aliphatic carbocycles. The van der Waals surface area contributed by atoms with Gasteiger partial charge >= 0.3 is 6.03 Å². The molecule has 0 unspecified atom stereocenters. The summed E-state index contributed by atoms with van der Waals surface area (Å²) < 4.78 is 0. The molecular weight excluding hydrogens is 170 g/mol. The highest BCUT2D eigenvalue weighted by Gasteiger charge is 2.00. The molecule has 5 nitrogen and oxygen atoms in total. The van der Waals surface area contributed by atoms with E-state index in [0.717, 1.165) is 0 Å². The van der Waals surface area contributed by atoms with Gasteiger partial charge in [-0.3, -0.25) is 4.79 Å². The predicted molar refractivity (Wildman–Crippen MR) is 48.9 cm³/mol. The third kappa shape index (κ3) is 6.69. The van der Waals surface area contributed by atoms with E-state index in [4.69, 9.17) is 0 Å². The zero-order valence-corrected chi connectivity index (χ0v) is 7.73. The monoisotopic (exact) mass is 183 g/mol. The summed E-state index contributed by atoms with van der Waals surface area (Å²) in [7, 11) is 1.48. The van der Waals surface area contributed by atoms with Crippen molar-refractivity contribution in [2.45, 2.75) is 6.92 Å². The van der Waals surface area contributed by atoms with Gasteiger partial charge in [-0.25, -0.2) is 4.79 Å². The van der Waals surface area contributed by atoms with Crippen LogP contribution in [0.25, 0.3) is 0 Å². The summed E-state index contributed by atoms with van der Waals surface area (Å²) in [5.74, 6) is 5.05. The van der Waals surface area contributed by atoms with Crippen LogP contribution in [0.15, 0.2) is 0 Å². The number of urea groups is 1. The zero-order chi connectivity index (χ0) is 10.1. The predicted octanol–water partition coefficient (Wildman–Crippen LogP) is -0.945. The normalized spacial score (nSPS) is 7.85. The van der Waals surface area contributed by atoms with Gasteiger partial charge in [0.15, 0.2) is 0 Å². The van der Waals surface area contributed by atoms with Crippen molar-refractivity contribution in [1.82, 2.24) is 16.0 Å². The molecule has 0 heterocycles. The minimum absolute atomic E-state index is 0.0366. The quantitative estimate of drug-likeness (QED) is 0.494. The number of amides is 3. The lowest BCUT2D eigenvalue weighted by atomic mass is 10.5. The molecule has 3 N–H and O–H groups in total. The van der Waals surface area contributed by atoms with Crippen LogP contribution < -0.4 is 16.0 Å². The van der Waals surface area contributed by atoms with Gasteiger partial charge < -0.3 is 16.0 Å². The van der Waals surface area contributed by atoms with Gasteiger partial charge in [-0.2, -0.15) is 0 Å². The summed E-state index contributed by atoms with van der Waals surface area (Å²) in [4.78, 5) is 21.5. The molecule has 3 amide bonds. The van der Waals surface area contributed by atoms with E-state index in [9.17, 15) is 9.59 Å². The van der Waals surface area contributed by atoms with Gasteiger partial charge in [-0.05, 0) is 6.92 Å². The van der Waals surface area contributed by atoms with E-state index in [0.29, 0.717) is 6.54 Å². The zero-order valence-electron chi connectivity index (χ0n) is 7.73. The number of hydrogen-bond acceptors (Lipinski definition) is 2. The van der Waals surface area contributed by atoms with Crippen LogP contribution in [0.1, 0.15) is 6.92 Å². The first kappa shape index (κ1) is 11.3. The smallest absolute Gasteiger partial charge is 0.314 e. The summed E-state index contributed by atoms with van der Waals surface area (Å²) >= 11 is 0. The van der Waals surface area contributed by atoms with Crippen molar-refractivity contribution >= 4 is 11.9 Å². The van der Waals surface area contributed by atoms with Gasteiger partial charge in [0.2, 0.25) is 5.91 Å². The fourth-order valence-corrected chi connectivity index (χ4v) is 0.543. The maximum Gasteiger partial charge on any atom is 0.314 e. The number of carbonyl (C=O) groups excluding carboxylic acids is 2. The number of hydrogen-bond donors (Lipinski definition) is 3. The first-order valence-corrected chi connectivity index (χ1v) is 3.82. The van der Waals surface area contributed by atoms with Crippen molar-refractivity contribution in [3.05, 3.63) is 0 Å². The van der Waals surface area contributed by atoms with Gasteiger partial charge in [0, 0.05) is 7.05 Å². The van der Waals surface area contributed by atoms with Gasteiger partial charge in [-0.1, -0.05) is 5.92 Å². The Kier molecular flexibility index (Phi) is 6.06. The molecule has 0 atom stereocenters. The van der Waals surface area contributed by atoms with Crippen molar-refractivity contribution in [2.75, 3.05) is 20.1 Å². The van der Waals surface area contributed by atoms with E-state index in [-0.39, 0.29) is 18.5 Å².